The Bertz CT molecular complexity index is 1430. The van der Waals surface area contributed by atoms with Crippen molar-refractivity contribution in [1.82, 2.24) is 40.6 Å². The number of urea groups is 1. The van der Waals surface area contributed by atoms with Crippen molar-refractivity contribution in [3.05, 3.63) is 69.1 Å². The van der Waals surface area contributed by atoms with Gasteiger partial charge in [-0.2, -0.15) is 0 Å². The number of amides is 4. The summed E-state index contributed by atoms with van der Waals surface area (Å²) in [5.74, 6) is -0.685. The third kappa shape index (κ3) is 11.3. The van der Waals surface area contributed by atoms with Gasteiger partial charge in [0.05, 0.1) is 29.7 Å². The van der Waals surface area contributed by atoms with Crippen LogP contribution in [0.25, 0.3) is 0 Å². The quantitative estimate of drug-likeness (QED) is 0.201. The van der Waals surface area contributed by atoms with Crippen molar-refractivity contribution in [3.8, 4) is 0 Å². The minimum atomic E-state index is -0.996. The van der Waals surface area contributed by atoms with Gasteiger partial charge in [0.25, 0.3) is 0 Å². The molecule has 4 N–H and O–H groups in total. The maximum atomic E-state index is 13.8. The van der Waals surface area contributed by atoms with Crippen molar-refractivity contribution in [3.63, 3.8) is 0 Å². The molecule has 4 atom stereocenters. The molecule has 4 amide bonds. The number of rotatable bonds is 14. The highest BCUT2D eigenvalue weighted by atomic mass is 32.1. The lowest BCUT2D eigenvalue weighted by Crippen LogP contribution is -2.63. The number of piperazine rings is 1. The van der Waals surface area contributed by atoms with E-state index >= 15 is 0 Å². The number of benzene rings is 1. The predicted octanol–water partition coefficient (Wildman–Crippen LogP) is 2.96. The number of nitrogens with zero attached hydrogens (tertiary/aromatic N) is 5. The highest BCUT2D eigenvalue weighted by Gasteiger charge is 2.37. The maximum Gasteiger partial charge on any atom is 0.318 e. The SMILES string of the molecule is CC(C)[C@H](NC(=O)N(C)Cc1cncs1)C(=O)N[C@@H](Cc1ccccc1)[C@@H](O)CN1CCN(Cc2cncs2)C[C@H]1C(=O)NC(C)(C)C. The van der Waals surface area contributed by atoms with Crippen molar-refractivity contribution >= 4 is 40.5 Å². The zero-order valence-electron chi connectivity index (χ0n) is 28.8. The molecule has 262 valence electrons. The normalized spacial score (nSPS) is 17.8. The minimum Gasteiger partial charge on any atom is -0.390 e. The lowest BCUT2D eigenvalue weighted by molar-refractivity contribution is -0.132. The largest absolute Gasteiger partial charge is 0.390 e. The van der Waals surface area contributed by atoms with Crippen LogP contribution in [-0.2, 0) is 29.1 Å². The van der Waals surface area contributed by atoms with Crippen molar-refractivity contribution < 1.29 is 19.5 Å². The molecule has 1 aliphatic rings. The molecule has 0 bridgehead atoms. The molecule has 12 nitrogen and oxygen atoms in total. The van der Waals surface area contributed by atoms with Crippen LogP contribution in [0.1, 0.15) is 49.9 Å². The van der Waals surface area contributed by atoms with E-state index < -0.39 is 29.8 Å². The second-order valence-corrected chi connectivity index (χ2v) is 15.8. The van der Waals surface area contributed by atoms with E-state index in [1.807, 2.05) is 81.6 Å². The Hall–Kier alpha value is -3.43. The summed E-state index contributed by atoms with van der Waals surface area (Å²) in [5, 5.41) is 20.9. The predicted molar refractivity (Wildman–Crippen MR) is 189 cm³/mol. The molecule has 3 heterocycles. The molecular weight excluding hydrogens is 649 g/mol. The van der Waals surface area contributed by atoms with Crippen LogP contribution in [0.2, 0.25) is 0 Å². The van der Waals surface area contributed by atoms with E-state index in [1.165, 1.54) is 16.2 Å². The number of hydrogen-bond donors (Lipinski definition) is 4. The molecule has 0 aliphatic carbocycles. The second kappa shape index (κ2) is 17.3. The first-order valence-corrected chi connectivity index (χ1v) is 18.1. The number of carbonyl (C=O) groups excluding carboxylic acids is 3. The fourth-order valence-electron chi connectivity index (χ4n) is 5.68. The number of aliphatic hydroxyl groups excluding tert-OH is 1. The summed E-state index contributed by atoms with van der Waals surface area (Å²) in [6, 6.07) is 7.32. The smallest absolute Gasteiger partial charge is 0.318 e. The van der Waals surface area contributed by atoms with E-state index in [0.717, 1.165) is 21.9 Å². The number of carbonyl (C=O) groups is 3. The van der Waals surface area contributed by atoms with Crippen LogP contribution in [0.4, 0.5) is 4.79 Å². The van der Waals surface area contributed by atoms with Crippen LogP contribution < -0.4 is 16.0 Å². The number of nitrogens with one attached hydrogen (secondary N) is 3. The molecule has 4 rings (SSSR count). The maximum absolute atomic E-state index is 13.8. The summed E-state index contributed by atoms with van der Waals surface area (Å²) in [6.07, 6.45) is 2.95. The Morgan fingerprint density at radius 3 is 2.29 bits per heavy atom. The Balaban J connectivity index is 1.49. The number of thiazole rings is 2. The van der Waals surface area contributed by atoms with E-state index in [0.29, 0.717) is 32.6 Å². The third-order valence-corrected chi connectivity index (χ3v) is 9.73. The highest BCUT2D eigenvalue weighted by Crippen LogP contribution is 2.19. The zero-order valence-corrected chi connectivity index (χ0v) is 30.4. The molecule has 3 aromatic rings. The van der Waals surface area contributed by atoms with Crippen molar-refractivity contribution in [2.24, 2.45) is 5.92 Å². The van der Waals surface area contributed by atoms with Crippen LogP contribution in [0, 0.1) is 5.92 Å². The molecule has 1 fully saturated rings. The van der Waals surface area contributed by atoms with Crippen LogP contribution in [0.3, 0.4) is 0 Å². The molecule has 2 aromatic heterocycles. The average Bonchev–Trinajstić information content (AvgIpc) is 3.74. The van der Waals surface area contributed by atoms with Gasteiger partial charge in [-0.05, 0) is 38.7 Å². The Morgan fingerprint density at radius 1 is 1.02 bits per heavy atom. The summed E-state index contributed by atoms with van der Waals surface area (Å²) in [6.45, 7) is 12.7. The van der Waals surface area contributed by atoms with E-state index in [4.69, 9.17) is 0 Å². The van der Waals surface area contributed by atoms with Gasteiger partial charge in [-0.25, -0.2) is 4.79 Å². The fraction of sp³-hybridized carbons (Fsp3) is 0.559. The minimum absolute atomic E-state index is 0.0996. The Kier molecular flexibility index (Phi) is 13.5. The number of aliphatic hydroxyl groups is 1. The first-order chi connectivity index (χ1) is 22.8. The number of hydrogen-bond acceptors (Lipinski definition) is 10. The van der Waals surface area contributed by atoms with Gasteiger partial charge in [-0.15, -0.1) is 22.7 Å². The first-order valence-electron chi connectivity index (χ1n) is 16.4. The van der Waals surface area contributed by atoms with Gasteiger partial charge in [0.15, 0.2) is 0 Å². The standard InChI is InChI=1S/C34H50N8O4S2/c1-23(2)30(38-33(46)40(6)17-25-15-35-21-47-25)32(45)37-27(14-24-10-8-7-9-11-24)29(43)20-42-13-12-41(18-26-16-36-22-48-26)19-28(42)31(44)39-34(3,4)5/h7-11,15-16,21-23,27-30,43H,12-14,17-20H2,1-6H3,(H,37,45)(H,38,46)(H,39,44)/t27-,28-,29-,30-/m0/s1. The van der Waals surface area contributed by atoms with Gasteiger partial charge in [0, 0.05) is 67.5 Å². The molecule has 1 aliphatic heterocycles. The fourth-order valence-corrected chi connectivity index (χ4v) is 6.96. The Morgan fingerprint density at radius 2 is 1.69 bits per heavy atom. The van der Waals surface area contributed by atoms with E-state index in [1.54, 1.807) is 30.1 Å². The van der Waals surface area contributed by atoms with Gasteiger partial charge in [-0.3, -0.25) is 29.4 Å². The molecule has 0 radical (unpaired) electrons. The van der Waals surface area contributed by atoms with Gasteiger partial charge < -0.3 is 26.0 Å². The lowest BCUT2D eigenvalue weighted by atomic mass is 9.97. The lowest BCUT2D eigenvalue weighted by Gasteiger charge is -2.43. The molecule has 0 saturated carbocycles. The molecule has 1 aromatic carbocycles. The van der Waals surface area contributed by atoms with E-state index in [-0.39, 0.29) is 30.3 Å². The highest BCUT2D eigenvalue weighted by molar-refractivity contribution is 7.09. The zero-order chi connectivity index (χ0) is 34.8. The number of aromatic nitrogens is 2. The summed E-state index contributed by atoms with van der Waals surface area (Å²) in [5.41, 5.74) is 4.05. The van der Waals surface area contributed by atoms with Gasteiger partial charge in [-0.1, -0.05) is 44.2 Å². The van der Waals surface area contributed by atoms with Crippen LogP contribution in [0.15, 0.2) is 53.7 Å². The molecule has 0 unspecified atom stereocenters. The van der Waals surface area contributed by atoms with Crippen LogP contribution >= 0.6 is 22.7 Å². The van der Waals surface area contributed by atoms with Crippen LogP contribution in [0.5, 0.6) is 0 Å². The summed E-state index contributed by atoms with van der Waals surface area (Å²) < 4.78 is 0. The molecule has 0 spiro atoms. The molecule has 1 saturated heterocycles. The second-order valence-electron chi connectivity index (χ2n) is 13.8. The van der Waals surface area contributed by atoms with Crippen molar-refractivity contribution in [1.29, 1.82) is 0 Å². The third-order valence-electron chi connectivity index (χ3n) is 8.20. The monoisotopic (exact) mass is 698 g/mol. The van der Waals surface area contributed by atoms with E-state index in [9.17, 15) is 19.5 Å². The summed E-state index contributed by atoms with van der Waals surface area (Å²) >= 11 is 3.05. The van der Waals surface area contributed by atoms with Crippen LogP contribution in [-0.4, -0.2) is 111 Å². The average molecular weight is 699 g/mol. The van der Waals surface area contributed by atoms with Gasteiger partial charge in [0.2, 0.25) is 11.8 Å². The summed E-state index contributed by atoms with van der Waals surface area (Å²) in [4.78, 5) is 56.7. The van der Waals surface area contributed by atoms with Crippen molar-refractivity contribution in [2.75, 3.05) is 33.2 Å². The topological polar surface area (TPSA) is 143 Å². The van der Waals surface area contributed by atoms with Gasteiger partial charge >= 0.3 is 6.03 Å². The number of β-amino-alcohol motifs (C(OH)–C–C–N with tert-alkyl or cyclic N) is 1. The van der Waals surface area contributed by atoms with E-state index in [2.05, 4.69) is 30.8 Å². The Labute approximate surface area is 291 Å². The van der Waals surface area contributed by atoms with Crippen molar-refractivity contribution in [2.45, 2.75) is 83.9 Å². The molecule has 14 heteroatoms. The molecular formula is C34H50N8O4S2. The molecule has 48 heavy (non-hydrogen) atoms. The first kappa shape index (κ1) is 37.4. The van der Waals surface area contributed by atoms with Gasteiger partial charge in [0.1, 0.15) is 12.1 Å². The summed E-state index contributed by atoms with van der Waals surface area (Å²) in [7, 11) is 1.68.